The van der Waals surface area contributed by atoms with Crippen LogP contribution in [0.15, 0.2) is 29.8 Å². The molecule has 0 aliphatic rings. The summed E-state index contributed by atoms with van der Waals surface area (Å²) < 4.78 is 17.8. The van der Waals surface area contributed by atoms with Crippen molar-refractivity contribution < 1.29 is 19.0 Å². The number of carbonyl (C=O) groups is 1. The first-order chi connectivity index (χ1) is 7.50. The smallest absolute Gasteiger partial charge is 0.331 e. The molecule has 0 saturated heterocycles. The van der Waals surface area contributed by atoms with E-state index in [1.807, 2.05) is 0 Å². The van der Waals surface area contributed by atoms with Crippen molar-refractivity contribution in [2.45, 2.75) is 6.92 Å². The van der Waals surface area contributed by atoms with Gasteiger partial charge in [0.25, 0.3) is 0 Å². The van der Waals surface area contributed by atoms with Crippen LogP contribution in [0, 0.1) is 5.82 Å². The minimum atomic E-state index is -1.01. The van der Waals surface area contributed by atoms with Gasteiger partial charge in [-0.1, -0.05) is 11.6 Å². The normalized spacial score (nSPS) is 11.3. The van der Waals surface area contributed by atoms with E-state index in [1.54, 1.807) is 0 Å². The van der Waals surface area contributed by atoms with Crippen LogP contribution in [-0.2, 0) is 4.79 Å². The van der Waals surface area contributed by atoms with Crippen LogP contribution in [0.3, 0.4) is 0 Å². The fourth-order valence-electron chi connectivity index (χ4n) is 0.936. The number of carboxylic acids is 1. The molecule has 86 valence electrons. The van der Waals surface area contributed by atoms with Crippen LogP contribution in [0.4, 0.5) is 4.39 Å². The number of carboxylic acid groups (broad SMARTS) is 1. The van der Waals surface area contributed by atoms with Gasteiger partial charge in [0.05, 0.1) is 5.02 Å². The molecule has 0 saturated carbocycles. The van der Waals surface area contributed by atoms with Crippen LogP contribution in [0.2, 0.25) is 5.02 Å². The van der Waals surface area contributed by atoms with Crippen molar-refractivity contribution in [3.63, 3.8) is 0 Å². The molecule has 1 rings (SSSR count). The summed E-state index contributed by atoms with van der Waals surface area (Å²) in [5.74, 6) is -1.14. The lowest BCUT2D eigenvalue weighted by atomic mass is 10.3. The fourth-order valence-corrected chi connectivity index (χ4v) is 1.16. The largest absolute Gasteiger partial charge is 0.488 e. The molecule has 1 aromatic carbocycles. The van der Waals surface area contributed by atoms with Crippen molar-refractivity contribution in [1.29, 1.82) is 0 Å². The number of rotatable bonds is 4. The molecule has 0 aromatic heterocycles. The predicted molar refractivity (Wildman–Crippen MR) is 58.3 cm³/mol. The molecule has 1 aromatic rings. The Kier molecular flexibility index (Phi) is 4.31. The van der Waals surface area contributed by atoms with Crippen molar-refractivity contribution in [3.05, 3.63) is 40.7 Å². The van der Waals surface area contributed by atoms with Gasteiger partial charge < -0.3 is 9.84 Å². The Morgan fingerprint density at radius 2 is 2.31 bits per heavy atom. The van der Waals surface area contributed by atoms with Crippen LogP contribution in [0.5, 0.6) is 5.75 Å². The van der Waals surface area contributed by atoms with Crippen molar-refractivity contribution in [3.8, 4) is 5.75 Å². The van der Waals surface area contributed by atoms with Crippen molar-refractivity contribution in [1.82, 2.24) is 0 Å². The monoisotopic (exact) mass is 244 g/mol. The highest BCUT2D eigenvalue weighted by molar-refractivity contribution is 6.32. The maximum absolute atomic E-state index is 12.7. The number of halogens is 2. The lowest BCUT2D eigenvalue weighted by Gasteiger charge is -2.05. The summed E-state index contributed by atoms with van der Waals surface area (Å²) in [6.07, 6.45) is 1.40. The van der Waals surface area contributed by atoms with E-state index in [-0.39, 0.29) is 17.2 Å². The zero-order chi connectivity index (χ0) is 12.1. The Morgan fingerprint density at radius 1 is 1.62 bits per heavy atom. The van der Waals surface area contributed by atoms with Gasteiger partial charge in [0.15, 0.2) is 0 Å². The van der Waals surface area contributed by atoms with E-state index in [0.717, 1.165) is 6.07 Å². The average molecular weight is 245 g/mol. The Balaban J connectivity index is 2.62. The molecule has 16 heavy (non-hydrogen) atoms. The second-order valence-corrected chi connectivity index (χ2v) is 3.49. The summed E-state index contributed by atoms with van der Waals surface area (Å²) in [5.41, 5.74) is 0.179. The molecule has 1 N–H and O–H groups in total. The molecule has 5 heteroatoms. The van der Waals surface area contributed by atoms with Crippen LogP contribution >= 0.6 is 11.6 Å². The van der Waals surface area contributed by atoms with E-state index >= 15 is 0 Å². The highest BCUT2D eigenvalue weighted by Crippen LogP contribution is 2.24. The van der Waals surface area contributed by atoms with Crippen LogP contribution in [0.1, 0.15) is 6.92 Å². The maximum Gasteiger partial charge on any atom is 0.331 e. The van der Waals surface area contributed by atoms with Crippen LogP contribution in [0.25, 0.3) is 0 Å². The molecule has 0 aliphatic heterocycles. The lowest BCUT2D eigenvalue weighted by molar-refractivity contribution is -0.132. The molecule has 0 heterocycles. The summed E-state index contributed by atoms with van der Waals surface area (Å²) in [4.78, 5) is 10.5. The van der Waals surface area contributed by atoms with Crippen molar-refractivity contribution >= 4 is 17.6 Å². The van der Waals surface area contributed by atoms with Crippen molar-refractivity contribution in [2.75, 3.05) is 6.61 Å². The van der Waals surface area contributed by atoms with E-state index in [4.69, 9.17) is 21.4 Å². The molecule has 3 nitrogen and oxygen atoms in total. The van der Waals surface area contributed by atoms with Gasteiger partial charge >= 0.3 is 5.97 Å². The lowest BCUT2D eigenvalue weighted by Crippen LogP contribution is -2.01. The summed E-state index contributed by atoms with van der Waals surface area (Å²) in [5, 5.41) is 8.72. The number of ether oxygens (including phenoxy) is 1. The van der Waals surface area contributed by atoms with E-state index in [0.29, 0.717) is 5.75 Å². The van der Waals surface area contributed by atoms with Crippen LogP contribution in [-0.4, -0.2) is 17.7 Å². The molecule has 0 aliphatic carbocycles. The van der Waals surface area contributed by atoms with Gasteiger partial charge in [0.2, 0.25) is 0 Å². The number of hydrogen-bond acceptors (Lipinski definition) is 2. The van der Waals surface area contributed by atoms with Gasteiger partial charge in [-0.3, -0.25) is 0 Å². The minimum Gasteiger partial charge on any atom is -0.488 e. The topological polar surface area (TPSA) is 46.5 Å². The number of hydrogen-bond donors (Lipinski definition) is 1. The number of benzene rings is 1. The highest BCUT2D eigenvalue weighted by atomic mass is 35.5. The summed E-state index contributed by atoms with van der Waals surface area (Å²) in [6.45, 7) is 1.53. The fraction of sp³-hybridized carbons (Fsp3) is 0.182. The van der Waals surface area contributed by atoms with E-state index in [1.165, 1.54) is 25.1 Å². The third-order valence-corrected chi connectivity index (χ3v) is 2.15. The summed E-state index contributed by atoms with van der Waals surface area (Å²) >= 11 is 5.71. The third kappa shape index (κ3) is 3.55. The first-order valence-electron chi connectivity index (χ1n) is 4.48. The standard InChI is InChI=1S/C11H10ClFO3/c1-7(11(14)15)4-5-16-10-3-2-8(13)6-9(10)12/h2-4,6H,5H2,1H3,(H,14,15). The van der Waals surface area contributed by atoms with Gasteiger partial charge in [0.1, 0.15) is 18.2 Å². The van der Waals surface area contributed by atoms with Gasteiger partial charge in [0, 0.05) is 5.57 Å². The minimum absolute atomic E-state index is 0.0729. The zero-order valence-electron chi connectivity index (χ0n) is 8.54. The zero-order valence-corrected chi connectivity index (χ0v) is 9.29. The highest BCUT2D eigenvalue weighted by Gasteiger charge is 2.03. The molecular formula is C11H10ClFO3. The molecule has 0 unspecified atom stereocenters. The van der Waals surface area contributed by atoms with E-state index in [2.05, 4.69) is 0 Å². The van der Waals surface area contributed by atoms with E-state index < -0.39 is 11.8 Å². The van der Waals surface area contributed by atoms with Gasteiger partial charge in [-0.15, -0.1) is 0 Å². The SMILES string of the molecule is CC(=CCOc1ccc(F)cc1Cl)C(=O)O. The molecule has 0 radical (unpaired) electrons. The maximum atomic E-state index is 12.7. The average Bonchev–Trinajstić information content (AvgIpc) is 2.20. The number of aliphatic carboxylic acids is 1. The molecular weight excluding hydrogens is 235 g/mol. The Labute approximate surface area is 97.1 Å². The van der Waals surface area contributed by atoms with Crippen LogP contribution < -0.4 is 4.74 Å². The Bertz CT molecular complexity index is 429. The Hall–Kier alpha value is -1.55. The molecule has 0 spiro atoms. The quantitative estimate of drug-likeness (QED) is 0.829. The Morgan fingerprint density at radius 3 is 2.88 bits per heavy atom. The summed E-state index contributed by atoms with van der Waals surface area (Å²) in [7, 11) is 0. The van der Waals surface area contributed by atoms with E-state index in [9.17, 15) is 9.18 Å². The van der Waals surface area contributed by atoms with Gasteiger partial charge in [-0.05, 0) is 31.2 Å². The van der Waals surface area contributed by atoms with Gasteiger partial charge in [-0.2, -0.15) is 0 Å². The molecule has 0 amide bonds. The van der Waals surface area contributed by atoms with Crippen molar-refractivity contribution in [2.24, 2.45) is 0 Å². The van der Waals surface area contributed by atoms with Gasteiger partial charge in [-0.25, -0.2) is 9.18 Å². The third-order valence-electron chi connectivity index (χ3n) is 1.86. The molecule has 0 bridgehead atoms. The first kappa shape index (κ1) is 12.5. The molecule has 0 atom stereocenters. The first-order valence-corrected chi connectivity index (χ1v) is 4.86. The summed E-state index contributed by atoms with van der Waals surface area (Å²) in [6, 6.07) is 3.74. The second-order valence-electron chi connectivity index (χ2n) is 3.08. The second kappa shape index (κ2) is 5.51. The molecule has 0 fully saturated rings. The predicted octanol–water partition coefficient (Wildman–Crippen LogP) is 2.89.